The lowest BCUT2D eigenvalue weighted by molar-refractivity contribution is -0.385. The largest absolute Gasteiger partial charge is 0.464 e. The number of carbonyl (C=O) groups is 1. The number of hydrogen-bond acceptors (Lipinski definition) is 4. The van der Waals surface area contributed by atoms with Crippen LogP contribution in [-0.2, 0) is 13.1 Å². The minimum Gasteiger partial charge on any atom is -0.464 e. The molecule has 28 heavy (non-hydrogen) atoms. The van der Waals surface area contributed by atoms with Crippen molar-refractivity contribution in [1.82, 2.24) is 4.90 Å². The van der Waals surface area contributed by atoms with Crippen molar-refractivity contribution in [3.63, 3.8) is 0 Å². The van der Waals surface area contributed by atoms with Gasteiger partial charge in [0.15, 0.2) is 0 Å². The minimum atomic E-state index is -0.508. The molecule has 0 atom stereocenters. The molecule has 3 rings (SSSR count). The van der Waals surface area contributed by atoms with Crippen molar-refractivity contribution in [2.75, 3.05) is 0 Å². The molecule has 144 valence electrons. The van der Waals surface area contributed by atoms with Crippen molar-refractivity contribution >= 4 is 11.6 Å². The molecule has 3 aromatic rings. The number of nitrogens with zero attached hydrogens (tertiary/aromatic N) is 2. The summed E-state index contributed by atoms with van der Waals surface area (Å²) in [5.74, 6) is 0.573. The van der Waals surface area contributed by atoms with Gasteiger partial charge in [-0.05, 0) is 49.7 Å². The lowest BCUT2D eigenvalue weighted by Crippen LogP contribution is -2.30. The van der Waals surface area contributed by atoms with Crippen LogP contribution >= 0.6 is 0 Å². The lowest BCUT2D eigenvalue weighted by atomic mass is 10.1. The van der Waals surface area contributed by atoms with Crippen LogP contribution in [0, 0.1) is 29.8 Å². The molecule has 0 bridgehead atoms. The fourth-order valence-corrected chi connectivity index (χ4v) is 2.89. The van der Waals surface area contributed by atoms with Crippen LogP contribution in [0.15, 0.2) is 59.0 Å². The molecule has 0 fully saturated rings. The normalized spacial score (nSPS) is 10.7. The average molecular weight is 382 g/mol. The van der Waals surface area contributed by atoms with Crippen LogP contribution in [-0.4, -0.2) is 15.7 Å². The maximum atomic E-state index is 13.2. The molecule has 0 aliphatic heterocycles. The van der Waals surface area contributed by atoms with E-state index in [4.69, 9.17) is 4.42 Å². The number of halogens is 1. The summed E-state index contributed by atoms with van der Waals surface area (Å²) in [6.45, 7) is 3.82. The first-order chi connectivity index (χ1) is 13.3. The van der Waals surface area contributed by atoms with E-state index in [9.17, 15) is 19.3 Å². The highest BCUT2D eigenvalue weighted by Gasteiger charge is 2.21. The molecule has 7 heteroatoms. The quantitative estimate of drug-likeness (QED) is 0.454. The minimum absolute atomic E-state index is 0.110. The van der Waals surface area contributed by atoms with E-state index < -0.39 is 4.92 Å². The molecule has 1 amide bonds. The SMILES string of the molecule is Cc1ccc(CN(Cc2ccc(F)cc2)C(=O)c2ccc(C)c([N+](=O)[O-])c2)o1. The Morgan fingerprint density at radius 2 is 1.79 bits per heavy atom. The average Bonchev–Trinajstić information content (AvgIpc) is 3.07. The number of aryl methyl sites for hydroxylation is 2. The van der Waals surface area contributed by atoms with Crippen molar-refractivity contribution in [1.29, 1.82) is 0 Å². The van der Waals surface area contributed by atoms with Crippen LogP contribution in [0.2, 0.25) is 0 Å². The van der Waals surface area contributed by atoms with Gasteiger partial charge in [0.05, 0.1) is 11.5 Å². The summed E-state index contributed by atoms with van der Waals surface area (Å²) in [4.78, 5) is 25.3. The second kappa shape index (κ2) is 8.04. The lowest BCUT2D eigenvalue weighted by Gasteiger charge is -2.22. The zero-order chi connectivity index (χ0) is 20.3. The fraction of sp³-hybridized carbons (Fsp3) is 0.190. The summed E-state index contributed by atoms with van der Waals surface area (Å²) in [7, 11) is 0. The summed E-state index contributed by atoms with van der Waals surface area (Å²) in [6, 6.07) is 13.8. The van der Waals surface area contributed by atoms with E-state index in [1.54, 1.807) is 50.2 Å². The van der Waals surface area contributed by atoms with Crippen LogP contribution < -0.4 is 0 Å². The van der Waals surface area contributed by atoms with Gasteiger partial charge in [0.25, 0.3) is 11.6 Å². The fourth-order valence-electron chi connectivity index (χ4n) is 2.89. The highest BCUT2D eigenvalue weighted by Crippen LogP contribution is 2.22. The summed E-state index contributed by atoms with van der Waals surface area (Å²) in [5.41, 5.74) is 1.32. The zero-order valence-corrected chi connectivity index (χ0v) is 15.5. The Hall–Kier alpha value is -3.48. The van der Waals surface area contributed by atoms with Crippen molar-refractivity contribution < 1.29 is 18.5 Å². The number of amides is 1. The smallest absolute Gasteiger partial charge is 0.273 e. The number of hydrogen-bond donors (Lipinski definition) is 0. The van der Waals surface area contributed by atoms with Gasteiger partial charge in [0.1, 0.15) is 17.3 Å². The Bertz CT molecular complexity index is 1010. The Morgan fingerprint density at radius 3 is 2.39 bits per heavy atom. The summed E-state index contributed by atoms with van der Waals surface area (Å²) in [5, 5.41) is 11.2. The number of nitro benzene ring substituents is 1. The van der Waals surface area contributed by atoms with Gasteiger partial charge in [0, 0.05) is 23.7 Å². The van der Waals surface area contributed by atoms with Crippen LogP contribution in [0.4, 0.5) is 10.1 Å². The number of nitro groups is 1. The summed E-state index contributed by atoms with van der Waals surface area (Å²) < 4.78 is 18.8. The molecular weight excluding hydrogens is 363 g/mol. The number of benzene rings is 2. The van der Waals surface area contributed by atoms with Crippen LogP contribution in [0.5, 0.6) is 0 Å². The van der Waals surface area contributed by atoms with E-state index in [1.807, 2.05) is 0 Å². The molecule has 0 aliphatic carbocycles. The van der Waals surface area contributed by atoms with Crippen LogP contribution in [0.25, 0.3) is 0 Å². The van der Waals surface area contributed by atoms with Crippen molar-refractivity contribution in [2.45, 2.75) is 26.9 Å². The molecule has 0 aliphatic rings. The van der Waals surface area contributed by atoms with Crippen molar-refractivity contribution in [3.05, 3.63) is 98.7 Å². The van der Waals surface area contributed by atoms with E-state index in [0.29, 0.717) is 11.3 Å². The third kappa shape index (κ3) is 4.43. The van der Waals surface area contributed by atoms with Gasteiger partial charge >= 0.3 is 0 Å². The third-order valence-electron chi connectivity index (χ3n) is 4.37. The molecule has 0 saturated heterocycles. The number of rotatable bonds is 6. The molecule has 6 nitrogen and oxygen atoms in total. The van der Waals surface area contributed by atoms with Crippen LogP contribution in [0.3, 0.4) is 0 Å². The van der Waals surface area contributed by atoms with Gasteiger partial charge in [-0.25, -0.2) is 4.39 Å². The van der Waals surface area contributed by atoms with Gasteiger partial charge < -0.3 is 9.32 Å². The van der Waals surface area contributed by atoms with Crippen LogP contribution in [0.1, 0.15) is 33.0 Å². The van der Waals surface area contributed by atoms with E-state index in [2.05, 4.69) is 0 Å². The Kier molecular flexibility index (Phi) is 5.54. The van der Waals surface area contributed by atoms with Gasteiger partial charge in [-0.1, -0.05) is 18.2 Å². The Morgan fingerprint density at radius 1 is 1.07 bits per heavy atom. The maximum absolute atomic E-state index is 13.2. The van der Waals surface area contributed by atoms with Gasteiger partial charge in [-0.3, -0.25) is 14.9 Å². The Balaban J connectivity index is 1.92. The van der Waals surface area contributed by atoms with Crippen molar-refractivity contribution in [2.24, 2.45) is 0 Å². The van der Waals surface area contributed by atoms with E-state index in [0.717, 1.165) is 11.3 Å². The monoisotopic (exact) mass is 382 g/mol. The first kappa shape index (κ1) is 19.3. The molecule has 1 heterocycles. The van der Waals surface area contributed by atoms with E-state index in [1.165, 1.54) is 23.1 Å². The molecule has 0 saturated carbocycles. The van der Waals surface area contributed by atoms with E-state index >= 15 is 0 Å². The maximum Gasteiger partial charge on any atom is 0.273 e. The third-order valence-corrected chi connectivity index (χ3v) is 4.37. The molecule has 1 aromatic heterocycles. The number of furan rings is 1. The molecular formula is C21H19FN2O4. The summed E-state index contributed by atoms with van der Waals surface area (Å²) >= 11 is 0. The highest BCUT2D eigenvalue weighted by atomic mass is 19.1. The standard InChI is InChI=1S/C21H19FN2O4/c1-14-3-7-17(11-20(14)24(26)27)21(25)23(13-19-10-4-15(2)28-19)12-16-5-8-18(22)9-6-16/h3-11H,12-13H2,1-2H3. The topological polar surface area (TPSA) is 76.6 Å². The molecule has 0 N–H and O–H groups in total. The van der Waals surface area contributed by atoms with E-state index in [-0.39, 0.29) is 36.1 Å². The molecule has 0 spiro atoms. The van der Waals surface area contributed by atoms with Gasteiger partial charge in [-0.15, -0.1) is 0 Å². The molecule has 0 unspecified atom stereocenters. The molecule has 2 aromatic carbocycles. The predicted octanol–water partition coefficient (Wildman–Crippen LogP) is 4.79. The zero-order valence-electron chi connectivity index (χ0n) is 15.5. The van der Waals surface area contributed by atoms with Gasteiger partial charge in [0.2, 0.25) is 0 Å². The van der Waals surface area contributed by atoms with Crippen molar-refractivity contribution in [3.8, 4) is 0 Å². The first-order valence-corrected chi connectivity index (χ1v) is 8.67. The second-order valence-corrected chi connectivity index (χ2v) is 6.56. The molecule has 0 radical (unpaired) electrons. The second-order valence-electron chi connectivity index (χ2n) is 6.56. The van der Waals surface area contributed by atoms with Gasteiger partial charge in [-0.2, -0.15) is 0 Å². The summed E-state index contributed by atoms with van der Waals surface area (Å²) in [6.07, 6.45) is 0. The predicted molar refractivity (Wildman–Crippen MR) is 101 cm³/mol. The first-order valence-electron chi connectivity index (χ1n) is 8.67. The Labute approximate surface area is 161 Å². The highest BCUT2D eigenvalue weighted by molar-refractivity contribution is 5.95. The number of carbonyl (C=O) groups excluding carboxylic acids is 1.